The molecule has 0 aliphatic heterocycles. The predicted octanol–water partition coefficient (Wildman–Crippen LogP) is 0.0148. The molecule has 0 atom stereocenters. The van der Waals surface area contributed by atoms with Crippen molar-refractivity contribution in [3.63, 3.8) is 0 Å². The van der Waals surface area contributed by atoms with Crippen LogP contribution in [0, 0.1) is 6.92 Å². The summed E-state index contributed by atoms with van der Waals surface area (Å²) in [7, 11) is 1.93. The molecular weight excluding hydrogens is 192 g/mol. The fourth-order valence-electron chi connectivity index (χ4n) is 1.50. The van der Waals surface area contributed by atoms with Crippen LogP contribution >= 0.6 is 0 Å². The molecule has 2 aromatic rings. The second-order valence-electron chi connectivity index (χ2n) is 3.47. The summed E-state index contributed by atoms with van der Waals surface area (Å²) in [5.41, 5.74) is 7.46. The van der Waals surface area contributed by atoms with Gasteiger partial charge < -0.3 is 10.3 Å². The summed E-state index contributed by atoms with van der Waals surface area (Å²) in [6, 6.07) is 0. The summed E-state index contributed by atoms with van der Waals surface area (Å²) in [5.74, 6) is 1.69. The average Bonchev–Trinajstić information content (AvgIpc) is 2.76. The van der Waals surface area contributed by atoms with E-state index < -0.39 is 0 Å². The number of aromatic amines is 1. The molecule has 2 aromatic heterocycles. The molecule has 2 rings (SSSR count). The second kappa shape index (κ2) is 3.82. The molecule has 2 heterocycles. The van der Waals surface area contributed by atoms with Crippen molar-refractivity contribution in [2.24, 2.45) is 12.8 Å². The number of nitrogens with two attached hydrogens (primary N) is 1. The van der Waals surface area contributed by atoms with Crippen molar-refractivity contribution >= 4 is 0 Å². The van der Waals surface area contributed by atoms with Crippen LogP contribution in [0.15, 0.2) is 6.20 Å². The zero-order valence-electron chi connectivity index (χ0n) is 8.86. The quantitative estimate of drug-likeness (QED) is 0.741. The first-order valence-corrected chi connectivity index (χ1v) is 4.82. The maximum Gasteiger partial charge on any atom is 0.182 e. The van der Waals surface area contributed by atoms with Gasteiger partial charge in [0.1, 0.15) is 11.5 Å². The number of aromatic nitrogens is 5. The van der Waals surface area contributed by atoms with Gasteiger partial charge in [-0.1, -0.05) is 0 Å². The number of aryl methyl sites for hydroxylation is 1. The third-order valence-electron chi connectivity index (χ3n) is 2.39. The maximum absolute atomic E-state index is 5.49. The van der Waals surface area contributed by atoms with Gasteiger partial charge in [0, 0.05) is 13.5 Å². The summed E-state index contributed by atoms with van der Waals surface area (Å²) >= 11 is 0. The molecule has 0 radical (unpaired) electrons. The zero-order chi connectivity index (χ0) is 10.8. The Balaban J connectivity index is 2.42. The molecule has 0 aliphatic carbocycles. The van der Waals surface area contributed by atoms with Crippen molar-refractivity contribution in [1.82, 2.24) is 25.0 Å². The van der Waals surface area contributed by atoms with Gasteiger partial charge in [-0.2, -0.15) is 5.10 Å². The highest BCUT2D eigenvalue weighted by molar-refractivity contribution is 5.53. The molecule has 0 bridgehead atoms. The fourth-order valence-corrected chi connectivity index (χ4v) is 1.50. The van der Waals surface area contributed by atoms with Crippen LogP contribution in [0.25, 0.3) is 11.5 Å². The largest absolute Gasteiger partial charge is 0.330 e. The van der Waals surface area contributed by atoms with Gasteiger partial charge in [-0.05, 0) is 19.0 Å². The summed E-state index contributed by atoms with van der Waals surface area (Å²) in [6.45, 7) is 2.56. The van der Waals surface area contributed by atoms with E-state index in [-0.39, 0.29) is 0 Å². The minimum atomic E-state index is 0.577. The van der Waals surface area contributed by atoms with Crippen molar-refractivity contribution in [3.05, 3.63) is 17.6 Å². The van der Waals surface area contributed by atoms with Crippen LogP contribution in [-0.4, -0.2) is 31.5 Å². The molecule has 0 saturated carbocycles. The van der Waals surface area contributed by atoms with Gasteiger partial charge in [-0.3, -0.25) is 5.10 Å². The van der Waals surface area contributed by atoms with Crippen molar-refractivity contribution in [1.29, 1.82) is 0 Å². The van der Waals surface area contributed by atoms with Crippen molar-refractivity contribution in [2.75, 3.05) is 6.54 Å². The highest BCUT2D eigenvalue weighted by atomic mass is 15.3. The van der Waals surface area contributed by atoms with E-state index in [0.29, 0.717) is 6.54 Å². The lowest BCUT2D eigenvalue weighted by Crippen LogP contribution is -2.08. The van der Waals surface area contributed by atoms with Crippen molar-refractivity contribution < 1.29 is 0 Å². The number of hydrogen-bond donors (Lipinski definition) is 2. The minimum absolute atomic E-state index is 0.577. The monoisotopic (exact) mass is 206 g/mol. The first-order valence-electron chi connectivity index (χ1n) is 4.82. The lowest BCUT2D eigenvalue weighted by Gasteiger charge is -2.01. The number of nitrogens with zero attached hydrogens (tertiary/aromatic N) is 4. The predicted molar refractivity (Wildman–Crippen MR) is 56.1 cm³/mol. The lowest BCUT2D eigenvalue weighted by molar-refractivity contribution is 0.778. The first kappa shape index (κ1) is 9.85. The molecule has 0 spiro atoms. The highest BCUT2D eigenvalue weighted by Gasteiger charge is 2.13. The van der Waals surface area contributed by atoms with Gasteiger partial charge >= 0.3 is 0 Å². The second-order valence-corrected chi connectivity index (χ2v) is 3.47. The van der Waals surface area contributed by atoms with Crippen LogP contribution in [0.1, 0.15) is 11.4 Å². The molecule has 6 heteroatoms. The van der Waals surface area contributed by atoms with Gasteiger partial charge in [0.15, 0.2) is 5.82 Å². The summed E-state index contributed by atoms with van der Waals surface area (Å²) in [6.07, 6.45) is 2.50. The number of nitrogens with one attached hydrogen (secondary N) is 1. The van der Waals surface area contributed by atoms with E-state index in [0.717, 1.165) is 29.3 Å². The Morgan fingerprint density at radius 2 is 2.27 bits per heavy atom. The van der Waals surface area contributed by atoms with Crippen LogP contribution in [0.5, 0.6) is 0 Å². The van der Waals surface area contributed by atoms with Crippen LogP contribution in [0.3, 0.4) is 0 Å². The third kappa shape index (κ3) is 1.63. The standard InChI is InChI=1S/C9H14N6/c1-6-5-11-13-8(6)9-14-12-7(3-4-10)15(9)2/h5H,3-4,10H2,1-2H3,(H,11,13). The minimum Gasteiger partial charge on any atom is -0.330 e. The van der Waals surface area contributed by atoms with Crippen LogP contribution in [0.4, 0.5) is 0 Å². The Morgan fingerprint density at radius 3 is 2.87 bits per heavy atom. The third-order valence-corrected chi connectivity index (χ3v) is 2.39. The molecule has 0 aliphatic rings. The molecule has 3 N–H and O–H groups in total. The number of rotatable bonds is 3. The summed E-state index contributed by atoms with van der Waals surface area (Å²) < 4.78 is 1.94. The Morgan fingerprint density at radius 1 is 1.47 bits per heavy atom. The maximum atomic E-state index is 5.49. The lowest BCUT2D eigenvalue weighted by atomic mass is 10.2. The summed E-state index contributed by atoms with van der Waals surface area (Å²) in [5, 5.41) is 15.1. The first-order chi connectivity index (χ1) is 7.24. The van der Waals surface area contributed by atoms with E-state index in [1.807, 2.05) is 18.5 Å². The molecule has 0 unspecified atom stereocenters. The van der Waals surface area contributed by atoms with E-state index in [2.05, 4.69) is 20.4 Å². The molecule has 0 aromatic carbocycles. The molecule has 0 saturated heterocycles. The molecule has 0 amide bonds. The smallest absolute Gasteiger partial charge is 0.182 e. The molecule has 0 fully saturated rings. The number of H-pyrrole nitrogens is 1. The Kier molecular flexibility index (Phi) is 2.51. The fraction of sp³-hybridized carbons (Fsp3) is 0.444. The Hall–Kier alpha value is -1.69. The Bertz CT molecular complexity index is 455. The van der Waals surface area contributed by atoms with E-state index in [1.165, 1.54) is 0 Å². The van der Waals surface area contributed by atoms with E-state index >= 15 is 0 Å². The van der Waals surface area contributed by atoms with Gasteiger partial charge in [0.05, 0.1) is 6.20 Å². The van der Waals surface area contributed by atoms with Gasteiger partial charge in [-0.25, -0.2) is 0 Å². The van der Waals surface area contributed by atoms with Gasteiger partial charge in [0.25, 0.3) is 0 Å². The van der Waals surface area contributed by atoms with E-state index in [1.54, 1.807) is 6.20 Å². The van der Waals surface area contributed by atoms with Crippen molar-refractivity contribution in [2.45, 2.75) is 13.3 Å². The number of hydrogen-bond acceptors (Lipinski definition) is 4. The van der Waals surface area contributed by atoms with Crippen LogP contribution in [-0.2, 0) is 13.5 Å². The van der Waals surface area contributed by atoms with Crippen LogP contribution < -0.4 is 5.73 Å². The molecular formula is C9H14N6. The molecule has 6 nitrogen and oxygen atoms in total. The molecule has 80 valence electrons. The normalized spacial score (nSPS) is 10.9. The zero-order valence-corrected chi connectivity index (χ0v) is 8.86. The summed E-state index contributed by atoms with van der Waals surface area (Å²) in [4.78, 5) is 0. The van der Waals surface area contributed by atoms with Gasteiger partial charge in [-0.15, -0.1) is 10.2 Å². The average molecular weight is 206 g/mol. The van der Waals surface area contributed by atoms with Crippen LogP contribution in [0.2, 0.25) is 0 Å². The van der Waals surface area contributed by atoms with Crippen molar-refractivity contribution in [3.8, 4) is 11.5 Å². The molecule has 15 heavy (non-hydrogen) atoms. The SMILES string of the molecule is Cc1cn[nH]c1-c1nnc(CCN)n1C. The van der Waals surface area contributed by atoms with E-state index in [4.69, 9.17) is 5.73 Å². The van der Waals surface area contributed by atoms with E-state index in [9.17, 15) is 0 Å². The topological polar surface area (TPSA) is 85.4 Å². The Labute approximate surface area is 87.5 Å². The highest BCUT2D eigenvalue weighted by Crippen LogP contribution is 2.17. The van der Waals surface area contributed by atoms with Gasteiger partial charge in [0.2, 0.25) is 0 Å².